The number of benzene rings is 3. The van der Waals surface area contributed by atoms with E-state index in [0.29, 0.717) is 23.1 Å². The van der Waals surface area contributed by atoms with Gasteiger partial charge in [0.1, 0.15) is 5.58 Å². The highest BCUT2D eigenvalue weighted by molar-refractivity contribution is 9.10. The Morgan fingerprint density at radius 1 is 0.867 bits per heavy atom. The first-order valence-corrected chi connectivity index (χ1v) is 11.0. The van der Waals surface area contributed by atoms with Crippen LogP contribution in [0.15, 0.2) is 91.0 Å². The van der Waals surface area contributed by atoms with Crippen molar-refractivity contribution in [2.45, 2.75) is 12.6 Å². The Balaban J connectivity index is 1.75. The van der Waals surface area contributed by atoms with Gasteiger partial charge < -0.3 is 9.32 Å². The van der Waals surface area contributed by atoms with Crippen molar-refractivity contribution in [2.75, 3.05) is 0 Å². The summed E-state index contributed by atoms with van der Waals surface area (Å²) in [5.74, 6) is -0.156. The molecule has 0 saturated heterocycles. The van der Waals surface area contributed by atoms with Gasteiger partial charge in [0.2, 0.25) is 5.76 Å². The van der Waals surface area contributed by atoms with Gasteiger partial charge in [0.25, 0.3) is 5.91 Å². The molecule has 0 aliphatic carbocycles. The highest BCUT2D eigenvalue weighted by Crippen LogP contribution is 2.39. The Morgan fingerprint density at radius 3 is 2.40 bits per heavy atom. The van der Waals surface area contributed by atoms with Gasteiger partial charge in [-0.3, -0.25) is 9.59 Å². The quantitative estimate of drug-likeness (QED) is 0.327. The molecule has 148 valence electrons. The summed E-state index contributed by atoms with van der Waals surface area (Å²) in [6.07, 6.45) is 0. The van der Waals surface area contributed by atoms with Crippen LogP contribution in [0.25, 0.3) is 11.0 Å². The molecule has 0 radical (unpaired) electrons. The molecule has 3 aromatic carbocycles. The van der Waals surface area contributed by atoms with Gasteiger partial charge >= 0.3 is 0 Å². The Labute approximate surface area is 189 Å². The van der Waals surface area contributed by atoms with Crippen molar-refractivity contribution in [1.82, 2.24) is 4.90 Å². The maximum Gasteiger partial charge on any atom is 0.291 e. The second-order valence-corrected chi connectivity index (χ2v) is 9.02. The number of nitrogens with zero attached hydrogens (tertiary/aromatic N) is 1. The number of fused-ring (bicyclic) bond motifs is 2. The van der Waals surface area contributed by atoms with Crippen LogP contribution in [0.3, 0.4) is 0 Å². The van der Waals surface area contributed by atoms with Gasteiger partial charge in [-0.2, -0.15) is 0 Å². The summed E-state index contributed by atoms with van der Waals surface area (Å²) in [6.45, 7) is 0.376. The standard InChI is InChI=1S/C24H15Br2NO3/c25-16-8-4-7-15(11-16)21-20-22(28)18-12-17(26)9-10-19(18)30-23(20)24(29)27(21)13-14-5-2-1-3-6-14/h1-12,21H,13H2. The molecule has 1 unspecified atom stereocenters. The lowest BCUT2D eigenvalue weighted by molar-refractivity contribution is 0.0714. The first-order valence-electron chi connectivity index (χ1n) is 9.39. The average molecular weight is 525 g/mol. The number of carbonyl (C=O) groups excluding carboxylic acids is 1. The van der Waals surface area contributed by atoms with Crippen LogP contribution in [0.2, 0.25) is 0 Å². The summed E-state index contributed by atoms with van der Waals surface area (Å²) in [6, 6.07) is 22.2. The molecular weight excluding hydrogens is 510 g/mol. The van der Waals surface area contributed by atoms with Gasteiger partial charge in [0.05, 0.1) is 17.0 Å². The van der Waals surface area contributed by atoms with Crippen molar-refractivity contribution in [2.24, 2.45) is 0 Å². The van der Waals surface area contributed by atoms with Crippen molar-refractivity contribution in [1.29, 1.82) is 0 Å². The molecular formula is C24H15Br2NO3. The van der Waals surface area contributed by atoms with Crippen LogP contribution in [-0.4, -0.2) is 10.8 Å². The lowest BCUT2D eigenvalue weighted by Gasteiger charge is -2.25. The zero-order chi connectivity index (χ0) is 20.8. The minimum atomic E-state index is -0.523. The minimum absolute atomic E-state index is 0.121. The molecule has 4 nitrogen and oxygen atoms in total. The molecule has 1 aromatic heterocycles. The number of hydrogen-bond donors (Lipinski definition) is 0. The van der Waals surface area contributed by atoms with E-state index < -0.39 is 6.04 Å². The van der Waals surface area contributed by atoms with E-state index in [1.807, 2.05) is 54.6 Å². The molecule has 1 aliphatic rings. The fourth-order valence-electron chi connectivity index (χ4n) is 3.96. The molecule has 30 heavy (non-hydrogen) atoms. The van der Waals surface area contributed by atoms with Crippen LogP contribution in [0.1, 0.15) is 33.3 Å². The number of carbonyl (C=O) groups is 1. The molecule has 5 rings (SSSR count). The third-order valence-corrected chi connectivity index (χ3v) is 6.27. The van der Waals surface area contributed by atoms with E-state index in [9.17, 15) is 9.59 Å². The van der Waals surface area contributed by atoms with Gasteiger partial charge in [0, 0.05) is 15.5 Å². The lowest BCUT2D eigenvalue weighted by atomic mass is 9.98. The van der Waals surface area contributed by atoms with Crippen molar-refractivity contribution < 1.29 is 9.21 Å². The van der Waals surface area contributed by atoms with Crippen LogP contribution >= 0.6 is 31.9 Å². The van der Waals surface area contributed by atoms with E-state index in [1.165, 1.54) is 0 Å². The molecule has 6 heteroatoms. The number of halogens is 2. The number of hydrogen-bond acceptors (Lipinski definition) is 3. The predicted molar refractivity (Wildman–Crippen MR) is 122 cm³/mol. The smallest absolute Gasteiger partial charge is 0.291 e. The molecule has 1 atom stereocenters. The molecule has 4 aromatic rings. The lowest BCUT2D eigenvalue weighted by Crippen LogP contribution is -2.29. The summed E-state index contributed by atoms with van der Waals surface area (Å²) >= 11 is 6.93. The van der Waals surface area contributed by atoms with Crippen LogP contribution in [-0.2, 0) is 6.54 Å². The molecule has 1 amide bonds. The number of rotatable bonds is 3. The predicted octanol–water partition coefficient (Wildman–Crippen LogP) is 6.06. The van der Waals surface area contributed by atoms with Crippen LogP contribution < -0.4 is 5.43 Å². The maximum absolute atomic E-state index is 13.5. The maximum atomic E-state index is 13.5. The third kappa shape index (κ3) is 3.20. The first kappa shape index (κ1) is 19.3. The summed E-state index contributed by atoms with van der Waals surface area (Å²) in [5.41, 5.74) is 2.46. The Kier molecular flexibility index (Phi) is 4.83. The SMILES string of the molecule is O=C1c2oc3ccc(Br)cc3c(=O)c2C(c2cccc(Br)c2)N1Cc1ccccc1. The van der Waals surface area contributed by atoms with Crippen molar-refractivity contribution in [3.8, 4) is 0 Å². The minimum Gasteiger partial charge on any atom is -0.450 e. The van der Waals surface area contributed by atoms with Gasteiger partial charge in [-0.25, -0.2) is 0 Å². The molecule has 1 aliphatic heterocycles. The molecule has 0 fully saturated rings. The summed E-state index contributed by atoms with van der Waals surface area (Å²) in [4.78, 5) is 28.6. The highest BCUT2D eigenvalue weighted by Gasteiger charge is 2.42. The fraction of sp³-hybridized carbons (Fsp3) is 0.0833. The number of amides is 1. The topological polar surface area (TPSA) is 50.5 Å². The Bertz CT molecular complexity index is 1350. The van der Waals surface area contributed by atoms with E-state index in [-0.39, 0.29) is 17.1 Å². The second-order valence-electron chi connectivity index (χ2n) is 7.19. The summed E-state index contributed by atoms with van der Waals surface area (Å²) in [5, 5.41) is 0.456. The van der Waals surface area contributed by atoms with Crippen LogP contribution in [0.5, 0.6) is 0 Å². The first-order chi connectivity index (χ1) is 14.5. The summed E-state index contributed by atoms with van der Waals surface area (Å²) in [7, 11) is 0. The van der Waals surface area contributed by atoms with Crippen LogP contribution in [0.4, 0.5) is 0 Å². The molecule has 0 spiro atoms. The van der Waals surface area contributed by atoms with E-state index in [4.69, 9.17) is 4.42 Å². The van der Waals surface area contributed by atoms with Gasteiger partial charge in [-0.05, 0) is 41.5 Å². The molecule has 0 bridgehead atoms. The Hall–Kier alpha value is -2.70. The zero-order valence-corrected chi connectivity index (χ0v) is 18.8. The summed E-state index contributed by atoms with van der Waals surface area (Å²) < 4.78 is 7.65. The van der Waals surface area contributed by atoms with Crippen LogP contribution in [0, 0.1) is 0 Å². The van der Waals surface area contributed by atoms with E-state index in [2.05, 4.69) is 31.9 Å². The highest BCUT2D eigenvalue weighted by atomic mass is 79.9. The average Bonchev–Trinajstić information content (AvgIpc) is 3.02. The van der Waals surface area contributed by atoms with E-state index >= 15 is 0 Å². The third-order valence-electron chi connectivity index (χ3n) is 5.29. The monoisotopic (exact) mass is 523 g/mol. The van der Waals surface area contributed by atoms with Gasteiger partial charge in [-0.15, -0.1) is 0 Å². The normalized spacial score (nSPS) is 15.6. The zero-order valence-electron chi connectivity index (χ0n) is 15.6. The van der Waals surface area contributed by atoms with Crippen molar-refractivity contribution >= 4 is 48.7 Å². The largest absolute Gasteiger partial charge is 0.450 e. The van der Waals surface area contributed by atoms with Crippen molar-refractivity contribution in [3.63, 3.8) is 0 Å². The van der Waals surface area contributed by atoms with Gasteiger partial charge in [-0.1, -0.05) is 74.3 Å². The van der Waals surface area contributed by atoms with Crippen molar-refractivity contribution in [3.05, 3.63) is 114 Å². The van der Waals surface area contributed by atoms with Gasteiger partial charge in [0.15, 0.2) is 5.43 Å². The molecule has 0 saturated carbocycles. The van der Waals surface area contributed by atoms with E-state index in [0.717, 1.165) is 20.1 Å². The molecule has 2 heterocycles. The second kappa shape index (κ2) is 7.52. The Morgan fingerprint density at radius 2 is 1.63 bits per heavy atom. The van der Waals surface area contributed by atoms with E-state index in [1.54, 1.807) is 23.1 Å². The molecule has 0 N–H and O–H groups in total. The fourth-order valence-corrected chi connectivity index (χ4v) is 4.74.